The topological polar surface area (TPSA) is 79.0 Å². The van der Waals surface area contributed by atoms with E-state index < -0.39 is 12.2 Å². The maximum absolute atomic E-state index is 14.5. The Hall–Kier alpha value is -1.86. The molecule has 1 amide bonds. The van der Waals surface area contributed by atoms with Crippen LogP contribution in [-0.4, -0.2) is 50.1 Å². The predicted molar refractivity (Wildman–Crippen MR) is 85.1 cm³/mol. The second-order valence-electron chi connectivity index (χ2n) is 6.10. The summed E-state index contributed by atoms with van der Waals surface area (Å²) < 4.78 is 19.5. The summed E-state index contributed by atoms with van der Waals surface area (Å²) in [5, 5.41) is 9.07. The normalized spacial score (nSPS) is 22.6. The van der Waals surface area contributed by atoms with Crippen LogP contribution in [0.1, 0.15) is 12.8 Å². The molecule has 126 valence electrons. The van der Waals surface area contributed by atoms with Crippen molar-refractivity contribution < 1.29 is 19.0 Å². The minimum Gasteiger partial charge on any atom is -0.441 e. The van der Waals surface area contributed by atoms with Gasteiger partial charge in [0.15, 0.2) is 0 Å². The zero-order chi connectivity index (χ0) is 16.4. The molecule has 0 saturated carbocycles. The fourth-order valence-corrected chi connectivity index (χ4v) is 3.16. The van der Waals surface area contributed by atoms with Crippen LogP contribution in [0.4, 0.5) is 20.6 Å². The molecule has 1 aromatic carbocycles. The third-order valence-corrected chi connectivity index (χ3v) is 4.61. The predicted octanol–water partition coefficient (Wildman–Crippen LogP) is 1.32. The first kappa shape index (κ1) is 16.0. The first-order valence-electron chi connectivity index (χ1n) is 7.96. The third-order valence-electron chi connectivity index (χ3n) is 4.61. The molecule has 3 rings (SSSR count). The van der Waals surface area contributed by atoms with Crippen molar-refractivity contribution in [3.05, 3.63) is 24.0 Å². The molecule has 2 heterocycles. The largest absolute Gasteiger partial charge is 0.441 e. The molecule has 0 aliphatic carbocycles. The second-order valence-corrected chi connectivity index (χ2v) is 6.10. The first-order valence-corrected chi connectivity index (χ1v) is 7.96. The summed E-state index contributed by atoms with van der Waals surface area (Å²) in [6.45, 7) is 2.25. The summed E-state index contributed by atoms with van der Waals surface area (Å²) in [7, 11) is 0. The third kappa shape index (κ3) is 3.25. The number of cyclic esters (lactones) is 1. The number of carbonyl (C=O) groups is 1. The molecule has 1 atom stereocenters. The van der Waals surface area contributed by atoms with Gasteiger partial charge in [0.1, 0.15) is 11.9 Å². The lowest BCUT2D eigenvalue weighted by Crippen LogP contribution is -2.36. The van der Waals surface area contributed by atoms with E-state index in [1.807, 2.05) is 4.90 Å². The van der Waals surface area contributed by atoms with E-state index in [9.17, 15) is 9.18 Å². The Morgan fingerprint density at radius 1 is 1.35 bits per heavy atom. The zero-order valence-electron chi connectivity index (χ0n) is 12.9. The summed E-state index contributed by atoms with van der Waals surface area (Å²) in [6.07, 6.45) is 0.823. The fraction of sp³-hybridized carbons (Fsp3) is 0.562. The number of carbonyl (C=O) groups excluding carboxylic acids is 1. The smallest absolute Gasteiger partial charge is 0.414 e. The number of halogens is 1. The Morgan fingerprint density at radius 3 is 2.65 bits per heavy atom. The molecule has 6 nitrogen and oxygen atoms in total. The van der Waals surface area contributed by atoms with Crippen molar-refractivity contribution in [3.63, 3.8) is 0 Å². The van der Waals surface area contributed by atoms with Crippen LogP contribution in [0.5, 0.6) is 0 Å². The van der Waals surface area contributed by atoms with Crippen molar-refractivity contribution in [1.29, 1.82) is 0 Å². The summed E-state index contributed by atoms with van der Waals surface area (Å²) >= 11 is 0. The summed E-state index contributed by atoms with van der Waals surface area (Å²) in [5.41, 5.74) is 6.68. The van der Waals surface area contributed by atoms with Gasteiger partial charge in [-0.05, 0) is 43.5 Å². The maximum Gasteiger partial charge on any atom is 0.414 e. The molecular weight excluding hydrogens is 301 g/mol. The molecule has 2 saturated heterocycles. The van der Waals surface area contributed by atoms with Crippen LogP contribution in [0.25, 0.3) is 0 Å². The molecular formula is C16H22FN3O3. The molecule has 1 aromatic rings. The Balaban J connectivity index is 1.73. The SMILES string of the molecule is NCC1CCN(c2ccc(N3C[C@H](CO)OC3=O)cc2F)CC1. The lowest BCUT2D eigenvalue weighted by molar-refractivity contribution is 0.0963. The fourth-order valence-electron chi connectivity index (χ4n) is 3.16. The van der Waals surface area contributed by atoms with Gasteiger partial charge in [0.05, 0.1) is 24.5 Å². The van der Waals surface area contributed by atoms with E-state index in [1.165, 1.54) is 11.0 Å². The molecule has 23 heavy (non-hydrogen) atoms. The monoisotopic (exact) mass is 323 g/mol. The van der Waals surface area contributed by atoms with Crippen LogP contribution >= 0.6 is 0 Å². The number of aliphatic hydroxyl groups excluding tert-OH is 1. The number of nitrogens with two attached hydrogens (primary N) is 1. The number of nitrogens with zero attached hydrogens (tertiary/aromatic N) is 2. The highest BCUT2D eigenvalue weighted by Gasteiger charge is 2.32. The Morgan fingerprint density at radius 2 is 2.09 bits per heavy atom. The molecule has 3 N–H and O–H groups in total. The van der Waals surface area contributed by atoms with Crippen molar-refractivity contribution in [1.82, 2.24) is 0 Å². The van der Waals surface area contributed by atoms with E-state index >= 15 is 0 Å². The van der Waals surface area contributed by atoms with Gasteiger partial charge in [0, 0.05) is 13.1 Å². The number of amides is 1. The quantitative estimate of drug-likeness (QED) is 0.874. The molecule has 2 fully saturated rings. The van der Waals surface area contributed by atoms with Gasteiger partial charge in [0.25, 0.3) is 0 Å². The van der Waals surface area contributed by atoms with Gasteiger partial charge in [-0.15, -0.1) is 0 Å². The van der Waals surface area contributed by atoms with E-state index in [2.05, 4.69) is 0 Å². The number of hydrogen-bond donors (Lipinski definition) is 2. The van der Waals surface area contributed by atoms with Crippen molar-refractivity contribution in [2.24, 2.45) is 11.7 Å². The van der Waals surface area contributed by atoms with Crippen molar-refractivity contribution >= 4 is 17.5 Å². The van der Waals surface area contributed by atoms with Crippen molar-refractivity contribution in [2.75, 3.05) is 42.6 Å². The number of anilines is 2. The van der Waals surface area contributed by atoms with E-state index in [4.69, 9.17) is 15.6 Å². The molecule has 0 aromatic heterocycles. The Bertz CT molecular complexity index is 576. The molecule has 0 radical (unpaired) electrons. The standard InChI is InChI=1S/C16H22FN3O3/c17-14-7-12(20-9-13(10-21)23-16(20)22)1-2-15(14)19-5-3-11(8-18)4-6-19/h1-2,7,11,13,21H,3-6,8-10,18H2/t13-/m1/s1. The molecule has 7 heteroatoms. The summed E-state index contributed by atoms with van der Waals surface area (Å²) in [4.78, 5) is 15.1. The minimum absolute atomic E-state index is 0.232. The van der Waals surface area contributed by atoms with Crippen molar-refractivity contribution in [2.45, 2.75) is 18.9 Å². The van der Waals surface area contributed by atoms with Gasteiger partial charge < -0.3 is 20.5 Å². The zero-order valence-corrected chi connectivity index (χ0v) is 12.9. The highest BCUT2D eigenvalue weighted by atomic mass is 19.1. The molecule has 0 spiro atoms. The van der Waals surface area contributed by atoms with Crippen LogP contribution < -0.4 is 15.5 Å². The van der Waals surface area contributed by atoms with E-state index in [0.29, 0.717) is 23.8 Å². The maximum atomic E-state index is 14.5. The minimum atomic E-state index is -0.556. The molecule has 2 aliphatic rings. The number of benzene rings is 1. The lowest BCUT2D eigenvalue weighted by Gasteiger charge is -2.33. The summed E-state index contributed by atoms with van der Waals surface area (Å²) in [6, 6.07) is 4.77. The van der Waals surface area contributed by atoms with Gasteiger partial charge in [-0.1, -0.05) is 0 Å². The van der Waals surface area contributed by atoms with Crippen LogP contribution in [0.15, 0.2) is 18.2 Å². The number of rotatable bonds is 4. The van der Waals surface area contributed by atoms with E-state index in [-0.39, 0.29) is 19.0 Å². The second kappa shape index (κ2) is 6.72. The average Bonchev–Trinajstić information content (AvgIpc) is 2.96. The van der Waals surface area contributed by atoms with Crippen LogP contribution in [0.2, 0.25) is 0 Å². The number of hydrogen-bond acceptors (Lipinski definition) is 5. The highest BCUT2D eigenvalue weighted by Crippen LogP contribution is 2.30. The Labute approximate surface area is 134 Å². The van der Waals surface area contributed by atoms with E-state index in [1.54, 1.807) is 12.1 Å². The van der Waals surface area contributed by atoms with E-state index in [0.717, 1.165) is 25.9 Å². The molecule has 0 unspecified atom stereocenters. The van der Waals surface area contributed by atoms with Crippen LogP contribution in [-0.2, 0) is 4.74 Å². The van der Waals surface area contributed by atoms with Crippen molar-refractivity contribution in [3.8, 4) is 0 Å². The van der Waals surface area contributed by atoms with Crippen LogP contribution in [0, 0.1) is 11.7 Å². The highest BCUT2D eigenvalue weighted by molar-refractivity contribution is 5.90. The van der Waals surface area contributed by atoms with Gasteiger partial charge >= 0.3 is 6.09 Å². The number of piperidine rings is 1. The van der Waals surface area contributed by atoms with Crippen LogP contribution in [0.3, 0.4) is 0 Å². The Kier molecular flexibility index (Phi) is 4.68. The molecule has 2 aliphatic heterocycles. The lowest BCUT2D eigenvalue weighted by atomic mass is 9.96. The van der Waals surface area contributed by atoms with Gasteiger partial charge in [-0.2, -0.15) is 0 Å². The van der Waals surface area contributed by atoms with Gasteiger partial charge in [-0.3, -0.25) is 4.90 Å². The van der Waals surface area contributed by atoms with Gasteiger partial charge in [0.2, 0.25) is 0 Å². The number of ether oxygens (including phenoxy) is 1. The molecule has 0 bridgehead atoms. The average molecular weight is 323 g/mol. The van der Waals surface area contributed by atoms with Gasteiger partial charge in [-0.25, -0.2) is 9.18 Å². The summed E-state index contributed by atoms with van der Waals surface area (Å²) in [5.74, 6) is 0.164. The first-order chi connectivity index (χ1) is 11.1. The number of aliphatic hydroxyl groups is 1.